The molecular formula is C22H22ClN3O6. The maximum absolute atomic E-state index is 12.5. The monoisotopic (exact) mass is 459 g/mol. The highest BCUT2D eigenvalue weighted by molar-refractivity contribution is 6.34. The van der Waals surface area contributed by atoms with Crippen LogP contribution in [0.4, 0.5) is 11.4 Å². The average molecular weight is 460 g/mol. The molecule has 0 bridgehead atoms. The van der Waals surface area contributed by atoms with Crippen molar-refractivity contribution in [2.24, 2.45) is 0 Å². The number of aliphatic carboxylic acids is 1. The van der Waals surface area contributed by atoms with Gasteiger partial charge in [0.05, 0.1) is 22.0 Å². The molecule has 10 heteroatoms. The Bertz CT molecular complexity index is 1070. The van der Waals surface area contributed by atoms with Crippen molar-refractivity contribution in [3.8, 4) is 0 Å². The number of para-hydroxylation sites is 1. The van der Waals surface area contributed by atoms with Crippen LogP contribution in [0.3, 0.4) is 0 Å². The number of aromatic carboxylic acids is 1. The first-order valence-corrected chi connectivity index (χ1v) is 9.99. The molecule has 0 aliphatic carbocycles. The zero-order chi connectivity index (χ0) is 23.7. The van der Waals surface area contributed by atoms with E-state index < -0.39 is 23.8 Å². The van der Waals surface area contributed by atoms with Gasteiger partial charge in [-0.25, -0.2) is 9.59 Å². The minimum absolute atomic E-state index is 0.0905. The average Bonchev–Trinajstić information content (AvgIpc) is 2.76. The van der Waals surface area contributed by atoms with Crippen molar-refractivity contribution < 1.29 is 29.4 Å². The van der Waals surface area contributed by atoms with Crippen LogP contribution in [0.15, 0.2) is 48.6 Å². The minimum Gasteiger partial charge on any atom is -0.478 e. The molecule has 32 heavy (non-hydrogen) atoms. The third-order valence-corrected chi connectivity index (χ3v) is 4.62. The Kier molecular flexibility index (Phi) is 8.79. The summed E-state index contributed by atoms with van der Waals surface area (Å²) in [7, 11) is 0. The molecule has 0 heterocycles. The number of carbonyl (C=O) groups is 4. The molecule has 2 rings (SSSR count). The molecular weight excluding hydrogens is 438 g/mol. The predicted octanol–water partition coefficient (Wildman–Crippen LogP) is 2.83. The number of carbonyl (C=O) groups excluding carboxylic acids is 2. The van der Waals surface area contributed by atoms with E-state index in [9.17, 15) is 24.3 Å². The summed E-state index contributed by atoms with van der Waals surface area (Å²) < 4.78 is 0. The maximum Gasteiger partial charge on any atom is 0.337 e. The summed E-state index contributed by atoms with van der Waals surface area (Å²) in [5.41, 5.74) is 2.00. The van der Waals surface area contributed by atoms with Crippen LogP contribution in [0.5, 0.6) is 0 Å². The Hall–Kier alpha value is -3.85. The molecule has 0 aliphatic heterocycles. The Morgan fingerprint density at radius 3 is 2.34 bits per heavy atom. The first kappa shape index (κ1) is 24.4. The van der Waals surface area contributed by atoms with E-state index >= 15 is 0 Å². The molecule has 2 aromatic carbocycles. The number of aryl methyl sites for hydroxylation is 1. The maximum atomic E-state index is 12.5. The lowest BCUT2D eigenvalue weighted by Gasteiger charge is -2.16. The van der Waals surface area contributed by atoms with Gasteiger partial charge in [0.1, 0.15) is 0 Å². The van der Waals surface area contributed by atoms with Crippen LogP contribution in [-0.4, -0.2) is 47.1 Å². The van der Waals surface area contributed by atoms with E-state index in [2.05, 4.69) is 16.0 Å². The lowest BCUT2D eigenvalue weighted by atomic mass is 10.0. The second kappa shape index (κ2) is 11.5. The number of benzene rings is 2. The molecule has 0 radical (unpaired) electrons. The van der Waals surface area contributed by atoms with Crippen molar-refractivity contribution in [3.63, 3.8) is 0 Å². The number of hydrogen-bond donors (Lipinski definition) is 5. The van der Waals surface area contributed by atoms with Crippen LogP contribution in [-0.2, 0) is 16.0 Å². The summed E-state index contributed by atoms with van der Waals surface area (Å²) >= 11 is 6.40. The van der Waals surface area contributed by atoms with Gasteiger partial charge in [0, 0.05) is 30.8 Å². The molecule has 0 aliphatic rings. The van der Waals surface area contributed by atoms with E-state index in [1.807, 2.05) is 6.92 Å². The molecule has 168 valence electrons. The van der Waals surface area contributed by atoms with Crippen LogP contribution in [0.1, 0.15) is 33.2 Å². The zero-order valence-electron chi connectivity index (χ0n) is 17.1. The van der Waals surface area contributed by atoms with Crippen molar-refractivity contribution in [2.75, 3.05) is 18.4 Å². The van der Waals surface area contributed by atoms with E-state index in [1.165, 1.54) is 12.1 Å². The highest BCUT2D eigenvalue weighted by Gasteiger charge is 2.16. The van der Waals surface area contributed by atoms with Crippen LogP contribution < -0.4 is 16.0 Å². The Morgan fingerprint density at radius 1 is 1.00 bits per heavy atom. The molecule has 0 fully saturated rings. The molecule has 9 nitrogen and oxygen atoms in total. The van der Waals surface area contributed by atoms with Gasteiger partial charge in [-0.2, -0.15) is 0 Å². The summed E-state index contributed by atoms with van der Waals surface area (Å²) in [5.74, 6) is -3.31. The number of rotatable bonds is 10. The second-order valence-electron chi connectivity index (χ2n) is 6.54. The van der Waals surface area contributed by atoms with Gasteiger partial charge in [0.2, 0.25) is 5.91 Å². The fraction of sp³-hybridized carbons (Fsp3) is 0.182. The third kappa shape index (κ3) is 6.85. The number of carboxylic acids is 2. The highest BCUT2D eigenvalue weighted by atomic mass is 35.5. The fourth-order valence-electron chi connectivity index (χ4n) is 2.80. The summed E-state index contributed by atoms with van der Waals surface area (Å²) in [6.07, 6.45) is 2.13. The SMILES string of the molecule is CCc1cc(C(=O)NCCNC(=O)/C=C/C(=O)O)cc(Cl)c1Nc1ccccc1C(=O)O. The fourth-order valence-corrected chi connectivity index (χ4v) is 3.08. The van der Waals surface area contributed by atoms with E-state index in [4.69, 9.17) is 16.7 Å². The van der Waals surface area contributed by atoms with E-state index in [1.54, 1.807) is 24.3 Å². The van der Waals surface area contributed by atoms with Crippen LogP contribution in [0.25, 0.3) is 0 Å². The first-order chi connectivity index (χ1) is 15.2. The number of anilines is 2. The van der Waals surface area contributed by atoms with Crippen molar-refractivity contribution in [1.82, 2.24) is 10.6 Å². The van der Waals surface area contributed by atoms with Crippen molar-refractivity contribution in [2.45, 2.75) is 13.3 Å². The van der Waals surface area contributed by atoms with Gasteiger partial charge in [-0.15, -0.1) is 0 Å². The molecule has 0 unspecified atom stereocenters. The lowest BCUT2D eigenvalue weighted by Crippen LogP contribution is -2.34. The number of halogens is 1. The van der Waals surface area contributed by atoms with Gasteiger partial charge in [-0.3, -0.25) is 9.59 Å². The molecule has 0 spiro atoms. The highest BCUT2D eigenvalue weighted by Crippen LogP contribution is 2.32. The van der Waals surface area contributed by atoms with E-state index in [0.29, 0.717) is 29.4 Å². The van der Waals surface area contributed by atoms with E-state index in [-0.39, 0.29) is 23.7 Å². The number of nitrogens with one attached hydrogen (secondary N) is 3. The van der Waals surface area contributed by atoms with Gasteiger partial charge in [-0.1, -0.05) is 30.7 Å². The van der Waals surface area contributed by atoms with Gasteiger partial charge in [-0.05, 0) is 36.2 Å². The Morgan fingerprint density at radius 2 is 1.69 bits per heavy atom. The Balaban J connectivity index is 2.08. The standard InChI is InChI=1S/C22H22ClN3O6/c1-2-13-11-14(21(30)25-10-9-24-18(27)7-8-19(28)29)12-16(23)20(13)26-17-6-4-3-5-15(17)22(31)32/h3-8,11-12,26H,2,9-10H2,1H3,(H,24,27)(H,25,30)(H,28,29)(H,31,32)/b8-7+. The molecule has 0 saturated carbocycles. The molecule has 2 amide bonds. The van der Waals surface area contributed by atoms with Crippen molar-refractivity contribution in [1.29, 1.82) is 0 Å². The number of amides is 2. The lowest BCUT2D eigenvalue weighted by molar-refractivity contribution is -0.131. The summed E-state index contributed by atoms with van der Waals surface area (Å²) in [6.45, 7) is 2.10. The minimum atomic E-state index is -1.23. The predicted molar refractivity (Wildman–Crippen MR) is 120 cm³/mol. The molecule has 0 atom stereocenters. The zero-order valence-corrected chi connectivity index (χ0v) is 17.9. The van der Waals surface area contributed by atoms with Crippen LogP contribution in [0, 0.1) is 0 Å². The summed E-state index contributed by atoms with van der Waals surface area (Å²) in [5, 5.41) is 26.2. The van der Waals surface area contributed by atoms with Gasteiger partial charge in [0.25, 0.3) is 5.91 Å². The topological polar surface area (TPSA) is 145 Å². The summed E-state index contributed by atoms with van der Waals surface area (Å²) in [4.78, 5) is 45.7. The number of hydrogen-bond acceptors (Lipinski definition) is 5. The molecule has 0 aromatic heterocycles. The van der Waals surface area contributed by atoms with E-state index in [0.717, 1.165) is 11.6 Å². The smallest absolute Gasteiger partial charge is 0.337 e. The Labute approximate surface area is 189 Å². The number of carboxylic acid groups (broad SMARTS) is 2. The first-order valence-electron chi connectivity index (χ1n) is 9.61. The van der Waals surface area contributed by atoms with Gasteiger partial charge < -0.3 is 26.2 Å². The van der Waals surface area contributed by atoms with Crippen LogP contribution in [0.2, 0.25) is 5.02 Å². The summed E-state index contributed by atoms with van der Waals surface area (Å²) in [6, 6.07) is 9.54. The quantitative estimate of drug-likeness (QED) is 0.271. The largest absolute Gasteiger partial charge is 0.478 e. The molecule has 5 N–H and O–H groups in total. The third-order valence-electron chi connectivity index (χ3n) is 4.32. The van der Waals surface area contributed by atoms with Crippen LogP contribution >= 0.6 is 11.6 Å². The van der Waals surface area contributed by atoms with Gasteiger partial charge in [0.15, 0.2) is 0 Å². The molecule has 0 saturated heterocycles. The molecule has 2 aromatic rings. The second-order valence-corrected chi connectivity index (χ2v) is 6.95. The van der Waals surface area contributed by atoms with Gasteiger partial charge >= 0.3 is 11.9 Å². The van der Waals surface area contributed by atoms with Crippen molar-refractivity contribution >= 4 is 46.7 Å². The van der Waals surface area contributed by atoms with Crippen molar-refractivity contribution in [3.05, 3.63) is 70.3 Å². The normalized spacial score (nSPS) is 10.6.